The first kappa shape index (κ1) is 14.4. The Balaban J connectivity index is 1.64. The Kier molecular flexibility index (Phi) is 3.47. The Labute approximate surface area is 119 Å². The lowest BCUT2D eigenvalue weighted by Gasteiger charge is -2.32. The molecule has 116 valence electrons. The molecule has 21 heavy (non-hydrogen) atoms. The maximum atomic E-state index is 14.0. The van der Waals surface area contributed by atoms with Gasteiger partial charge in [0.15, 0.2) is 6.61 Å². The van der Waals surface area contributed by atoms with Crippen molar-refractivity contribution in [1.82, 2.24) is 0 Å². The molecule has 0 atom stereocenters. The number of benzene rings is 1. The minimum Gasteiger partial charge on any atom is -0.484 e. The zero-order valence-corrected chi connectivity index (χ0v) is 11.3. The monoisotopic (exact) mass is 305 g/mol. The third kappa shape index (κ3) is 3.40. The van der Waals surface area contributed by atoms with Crippen molar-refractivity contribution >= 4 is 5.69 Å². The number of nitrogens with zero attached hydrogens (tertiary/aromatic N) is 1. The summed E-state index contributed by atoms with van der Waals surface area (Å²) < 4.78 is 60.1. The lowest BCUT2D eigenvalue weighted by atomic mass is 9.97. The van der Waals surface area contributed by atoms with Crippen LogP contribution in [0.3, 0.4) is 0 Å². The summed E-state index contributed by atoms with van der Waals surface area (Å²) in [7, 11) is 0. The molecule has 0 saturated carbocycles. The van der Waals surface area contributed by atoms with E-state index in [1.165, 1.54) is 12.1 Å². The van der Waals surface area contributed by atoms with E-state index in [1.54, 1.807) is 0 Å². The van der Waals surface area contributed by atoms with E-state index in [-0.39, 0.29) is 11.4 Å². The van der Waals surface area contributed by atoms with Crippen LogP contribution < -0.4 is 9.64 Å². The lowest BCUT2D eigenvalue weighted by Crippen LogP contribution is -2.38. The second kappa shape index (κ2) is 5.05. The first-order chi connectivity index (χ1) is 9.87. The Morgan fingerprint density at radius 3 is 2.43 bits per heavy atom. The molecule has 1 aromatic rings. The van der Waals surface area contributed by atoms with Crippen LogP contribution in [0.4, 0.5) is 23.2 Å². The fourth-order valence-corrected chi connectivity index (χ4v) is 2.54. The van der Waals surface area contributed by atoms with Gasteiger partial charge in [0.1, 0.15) is 11.6 Å². The molecule has 3 rings (SSSR count). The smallest absolute Gasteiger partial charge is 0.422 e. The molecule has 2 saturated heterocycles. The van der Waals surface area contributed by atoms with Gasteiger partial charge in [-0.3, -0.25) is 0 Å². The van der Waals surface area contributed by atoms with Crippen molar-refractivity contribution in [3.8, 4) is 5.75 Å². The van der Waals surface area contributed by atoms with Gasteiger partial charge >= 0.3 is 6.18 Å². The molecule has 2 heterocycles. The molecular formula is C14H15F4NO2. The van der Waals surface area contributed by atoms with Gasteiger partial charge in [-0.05, 0) is 25.0 Å². The summed E-state index contributed by atoms with van der Waals surface area (Å²) in [6.45, 7) is 0.711. The molecule has 0 aliphatic carbocycles. The van der Waals surface area contributed by atoms with Crippen LogP contribution in [0.1, 0.15) is 12.8 Å². The van der Waals surface area contributed by atoms with Gasteiger partial charge in [0.05, 0.1) is 17.9 Å². The zero-order valence-electron chi connectivity index (χ0n) is 11.3. The fourth-order valence-electron chi connectivity index (χ4n) is 2.54. The van der Waals surface area contributed by atoms with Crippen LogP contribution in [0.25, 0.3) is 0 Å². The number of hydrogen-bond donors (Lipinski definition) is 0. The van der Waals surface area contributed by atoms with Gasteiger partial charge in [0.2, 0.25) is 0 Å². The standard InChI is InChI=1S/C14H15F4NO2/c15-11-7-10(20-9-14(16,17)18)1-2-12(11)19-5-3-13(4-6-19)8-21-13/h1-2,7H,3-6,8-9H2. The van der Waals surface area contributed by atoms with Gasteiger partial charge < -0.3 is 14.4 Å². The molecule has 0 unspecified atom stereocenters. The Bertz CT molecular complexity index is 518. The Morgan fingerprint density at radius 2 is 1.90 bits per heavy atom. The highest BCUT2D eigenvalue weighted by atomic mass is 19.4. The second-order valence-electron chi connectivity index (χ2n) is 5.48. The van der Waals surface area contributed by atoms with Crippen LogP contribution >= 0.6 is 0 Å². The maximum absolute atomic E-state index is 14.0. The molecule has 0 N–H and O–H groups in total. The minimum atomic E-state index is -4.43. The molecule has 0 radical (unpaired) electrons. The van der Waals surface area contributed by atoms with Gasteiger partial charge in [0, 0.05) is 19.2 Å². The molecule has 2 aliphatic rings. The van der Waals surface area contributed by atoms with Gasteiger partial charge in [-0.1, -0.05) is 0 Å². The molecule has 2 aliphatic heterocycles. The van der Waals surface area contributed by atoms with Crippen LogP contribution in [0.2, 0.25) is 0 Å². The molecule has 0 aromatic heterocycles. The highest BCUT2D eigenvalue weighted by Gasteiger charge is 2.46. The molecule has 1 spiro atoms. The maximum Gasteiger partial charge on any atom is 0.422 e. The number of halogens is 4. The average molecular weight is 305 g/mol. The average Bonchev–Trinajstić information content (AvgIpc) is 3.17. The van der Waals surface area contributed by atoms with Crippen LogP contribution in [-0.4, -0.2) is 38.1 Å². The van der Waals surface area contributed by atoms with E-state index in [0.717, 1.165) is 25.5 Å². The van der Waals surface area contributed by atoms with Crippen LogP contribution in [0.5, 0.6) is 5.75 Å². The van der Waals surface area contributed by atoms with Crippen LogP contribution in [0.15, 0.2) is 18.2 Å². The minimum absolute atomic E-state index is 0.00271. The van der Waals surface area contributed by atoms with E-state index in [0.29, 0.717) is 18.8 Å². The van der Waals surface area contributed by atoms with Crippen molar-refractivity contribution in [3.63, 3.8) is 0 Å². The van der Waals surface area contributed by atoms with Crippen LogP contribution in [0, 0.1) is 5.82 Å². The second-order valence-corrected chi connectivity index (χ2v) is 5.48. The van der Waals surface area contributed by atoms with Crippen molar-refractivity contribution in [2.24, 2.45) is 0 Å². The normalized spacial score (nSPS) is 20.7. The number of rotatable bonds is 3. The SMILES string of the molecule is Fc1cc(OCC(F)(F)F)ccc1N1CCC2(CC1)CO2. The molecule has 1 aromatic carbocycles. The van der Waals surface area contributed by atoms with Crippen molar-refractivity contribution < 1.29 is 27.0 Å². The molecule has 3 nitrogen and oxygen atoms in total. The van der Waals surface area contributed by atoms with E-state index in [2.05, 4.69) is 4.74 Å². The molecule has 2 fully saturated rings. The number of ether oxygens (including phenoxy) is 2. The Morgan fingerprint density at radius 1 is 1.24 bits per heavy atom. The van der Waals surface area contributed by atoms with E-state index in [1.807, 2.05) is 4.90 Å². The van der Waals surface area contributed by atoms with Crippen molar-refractivity contribution in [2.75, 3.05) is 31.2 Å². The third-order valence-corrected chi connectivity index (χ3v) is 3.89. The van der Waals surface area contributed by atoms with E-state index in [9.17, 15) is 17.6 Å². The summed E-state index contributed by atoms with van der Waals surface area (Å²) in [5, 5.41) is 0. The van der Waals surface area contributed by atoms with E-state index < -0.39 is 18.6 Å². The summed E-state index contributed by atoms with van der Waals surface area (Å²) in [6, 6.07) is 3.83. The van der Waals surface area contributed by atoms with Crippen molar-refractivity contribution in [2.45, 2.75) is 24.6 Å². The lowest BCUT2D eigenvalue weighted by molar-refractivity contribution is -0.153. The first-order valence-electron chi connectivity index (χ1n) is 6.75. The van der Waals surface area contributed by atoms with Gasteiger partial charge in [-0.25, -0.2) is 4.39 Å². The summed E-state index contributed by atoms with van der Waals surface area (Å²) in [5.74, 6) is -0.685. The summed E-state index contributed by atoms with van der Waals surface area (Å²) in [6.07, 6.45) is -2.74. The quantitative estimate of drug-likeness (QED) is 0.633. The third-order valence-electron chi connectivity index (χ3n) is 3.89. The van der Waals surface area contributed by atoms with Gasteiger partial charge in [0.25, 0.3) is 0 Å². The van der Waals surface area contributed by atoms with Gasteiger partial charge in [-0.15, -0.1) is 0 Å². The number of anilines is 1. The topological polar surface area (TPSA) is 25.0 Å². The largest absolute Gasteiger partial charge is 0.484 e. The molecule has 0 bridgehead atoms. The zero-order chi connectivity index (χ0) is 15.1. The Hall–Kier alpha value is -1.50. The van der Waals surface area contributed by atoms with Gasteiger partial charge in [-0.2, -0.15) is 13.2 Å². The summed E-state index contributed by atoms with van der Waals surface area (Å²) in [5.41, 5.74) is 0.396. The number of alkyl halides is 3. The van der Waals surface area contributed by atoms with E-state index in [4.69, 9.17) is 4.74 Å². The fraction of sp³-hybridized carbons (Fsp3) is 0.571. The molecule has 0 amide bonds. The predicted molar refractivity (Wildman–Crippen MR) is 68.1 cm³/mol. The first-order valence-corrected chi connectivity index (χ1v) is 6.75. The molecule has 7 heteroatoms. The number of piperidine rings is 1. The predicted octanol–water partition coefficient (Wildman–Crippen LogP) is 3.14. The number of hydrogen-bond acceptors (Lipinski definition) is 3. The van der Waals surface area contributed by atoms with E-state index >= 15 is 0 Å². The number of epoxide rings is 1. The highest BCUT2D eigenvalue weighted by Crippen LogP contribution is 2.39. The van der Waals surface area contributed by atoms with Crippen LogP contribution in [-0.2, 0) is 4.74 Å². The van der Waals surface area contributed by atoms with Crippen molar-refractivity contribution in [3.05, 3.63) is 24.0 Å². The van der Waals surface area contributed by atoms with Crippen molar-refractivity contribution in [1.29, 1.82) is 0 Å². The summed E-state index contributed by atoms with van der Waals surface area (Å²) >= 11 is 0. The highest BCUT2D eigenvalue weighted by molar-refractivity contribution is 5.51. The molecular weight excluding hydrogens is 290 g/mol. The summed E-state index contributed by atoms with van der Waals surface area (Å²) in [4.78, 5) is 1.88.